The van der Waals surface area contributed by atoms with Gasteiger partial charge in [0.2, 0.25) is 5.89 Å². The highest BCUT2D eigenvalue weighted by Gasteiger charge is 2.15. The molecule has 0 amide bonds. The third-order valence-electron chi connectivity index (χ3n) is 3.65. The number of aryl methyl sites for hydroxylation is 4. The van der Waals surface area contributed by atoms with Crippen LogP contribution in [0.4, 0.5) is 0 Å². The maximum atomic E-state index is 12.3. The molecule has 3 rings (SSSR count). The Bertz CT molecular complexity index is 875. The van der Waals surface area contributed by atoms with E-state index < -0.39 is 0 Å². The fourth-order valence-electron chi connectivity index (χ4n) is 2.70. The van der Waals surface area contributed by atoms with Crippen LogP contribution in [0, 0.1) is 27.7 Å². The van der Waals surface area contributed by atoms with Crippen LogP contribution in [0.3, 0.4) is 0 Å². The number of nitrogens with one attached hydrogen (secondary N) is 1. The van der Waals surface area contributed by atoms with Gasteiger partial charge in [0, 0.05) is 22.5 Å². The van der Waals surface area contributed by atoms with Gasteiger partial charge in [0.25, 0.3) is 5.22 Å². The Kier molecular flexibility index (Phi) is 4.57. The van der Waals surface area contributed by atoms with Crippen LogP contribution >= 0.6 is 11.8 Å². The molecule has 0 aliphatic rings. The fourth-order valence-corrected chi connectivity index (χ4v) is 3.35. The summed E-state index contributed by atoms with van der Waals surface area (Å²) in [5.74, 6) is 0.797. The number of rotatable bonds is 5. The molecule has 0 atom stereocenters. The first-order valence-corrected chi connectivity index (χ1v) is 8.65. The zero-order valence-corrected chi connectivity index (χ0v) is 15.0. The van der Waals surface area contributed by atoms with Crippen molar-refractivity contribution >= 4 is 17.5 Å². The lowest BCUT2D eigenvalue weighted by atomic mass is 10.1. The van der Waals surface area contributed by atoms with E-state index in [0.717, 1.165) is 28.1 Å². The summed E-state index contributed by atoms with van der Waals surface area (Å²) in [7, 11) is 0. The van der Waals surface area contributed by atoms with Gasteiger partial charge in [0.1, 0.15) is 0 Å². The SMILES string of the molecule is Cc1cc(C)cc(-c2nnc(SCC(=O)c3cc(C)[nH]c3C)o2)c1. The number of H-pyrrole nitrogens is 1. The molecule has 0 aliphatic carbocycles. The van der Waals surface area contributed by atoms with Gasteiger partial charge in [0.05, 0.1) is 5.75 Å². The summed E-state index contributed by atoms with van der Waals surface area (Å²) >= 11 is 1.26. The van der Waals surface area contributed by atoms with Crippen molar-refractivity contribution in [3.8, 4) is 11.5 Å². The van der Waals surface area contributed by atoms with Crippen LogP contribution < -0.4 is 0 Å². The summed E-state index contributed by atoms with van der Waals surface area (Å²) in [5.41, 5.74) is 5.77. The van der Waals surface area contributed by atoms with Crippen molar-refractivity contribution in [2.45, 2.75) is 32.9 Å². The molecular formula is C18H19N3O2S. The minimum atomic E-state index is 0.0491. The van der Waals surface area contributed by atoms with Crippen molar-refractivity contribution in [2.24, 2.45) is 0 Å². The molecule has 0 bridgehead atoms. The maximum absolute atomic E-state index is 12.3. The maximum Gasteiger partial charge on any atom is 0.277 e. The molecule has 0 aliphatic heterocycles. The highest BCUT2D eigenvalue weighted by molar-refractivity contribution is 7.99. The first kappa shape index (κ1) is 16.5. The number of hydrogen-bond donors (Lipinski definition) is 1. The Balaban J connectivity index is 1.70. The first-order valence-electron chi connectivity index (χ1n) is 7.67. The van der Waals surface area contributed by atoms with E-state index in [0.29, 0.717) is 16.7 Å². The molecule has 0 fully saturated rings. The van der Waals surface area contributed by atoms with E-state index in [1.807, 2.05) is 45.9 Å². The lowest BCUT2D eigenvalue weighted by Gasteiger charge is -2.00. The number of Topliss-reactive ketones (excluding diaryl/α,β-unsaturated/α-hetero) is 1. The van der Waals surface area contributed by atoms with Crippen molar-refractivity contribution in [3.05, 3.63) is 52.3 Å². The van der Waals surface area contributed by atoms with Crippen molar-refractivity contribution < 1.29 is 9.21 Å². The number of nitrogens with zero attached hydrogens (tertiary/aromatic N) is 2. The molecule has 0 saturated carbocycles. The number of ketones is 1. The van der Waals surface area contributed by atoms with E-state index in [-0.39, 0.29) is 11.5 Å². The van der Waals surface area contributed by atoms with Gasteiger partial charge < -0.3 is 9.40 Å². The van der Waals surface area contributed by atoms with Crippen molar-refractivity contribution in [3.63, 3.8) is 0 Å². The van der Waals surface area contributed by atoms with E-state index in [1.165, 1.54) is 11.8 Å². The molecule has 0 radical (unpaired) electrons. The van der Waals surface area contributed by atoms with Crippen molar-refractivity contribution in [2.75, 3.05) is 5.75 Å². The molecular weight excluding hydrogens is 322 g/mol. The van der Waals surface area contributed by atoms with Crippen LogP contribution in [0.2, 0.25) is 0 Å². The van der Waals surface area contributed by atoms with Crippen molar-refractivity contribution in [1.29, 1.82) is 0 Å². The number of hydrogen-bond acceptors (Lipinski definition) is 5. The molecule has 3 aromatic rings. The Labute approximate surface area is 144 Å². The normalized spacial score (nSPS) is 11.0. The average Bonchev–Trinajstić information content (AvgIpc) is 3.10. The summed E-state index contributed by atoms with van der Waals surface area (Å²) < 4.78 is 5.68. The second-order valence-electron chi connectivity index (χ2n) is 5.95. The monoisotopic (exact) mass is 341 g/mol. The Morgan fingerprint density at radius 2 is 1.79 bits per heavy atom. The molecule has 6 heteroatoms. The molecule has 5 nitrogen and oxygen atoms in total. The second kappa shape index (κ2) is 6.65. The number of thioether (sulfide) groups is 1. The van der Waals surface area contributed by atoms with Crippen LogP contribution in [-0.2, 0) is 0 Å². The molecule has 2 aromatic heterocycles. The van der Waals surface area contributed by atoms with Crippen LogP contribution in [0.1, 0.15) is 32.9 Å². The van der Waals surface area contributed by atoms with Crippen LogP contribution in [0.25, 0.3) is 11.5 Å². The lowest BCUT2D eigenvalue weighted by molar-refractivity contribution is 0.102. The number of carbonyl (C=O) groups is 1. The summed E-state index contributed by atoms with van der Waals surface area (Å²) in [6, 6.07) is 7.97. The molecule has 1 aromatic carbocycles. The van der Waals surface area contributed by atoms with E-state index in [4.69, 9.17) is 4.42 Å². The molecule has 1 N–H and O–H groups in total. The van der Waals surface area contributed by atoms with Gasteiger partial charge in [-0.3, -0.25) is 4.79 Å². The van der Waals surface area contributed by atoms with Crippen molar-refractivity contribution in [1.82, 2.24) is 15.2 Å². The predicted octanol–water partition coefficient (Wildman–Crippen LogP) is 4.27. The van der Waals surface area contributed by atoms with Crippen LogP contribution in [0.5, 0.6) is 0 Å². The highest BCUT2D eigenvalue weighted by Crippen LogP contribution is 2.25. The van der Waals surface area contributed by atoms with Gasteiger partial charge in [-0.05, 0) is 45.9 Å². The van der Waals surface area contributed by atoms with E-state index >= 15 is 0 Å². The largest absolute Gasteiger partial charge is 0.411 e. The summed E-state index contributed by atoms with van der Waals surface area (Å²) in [5, 5.41) is 8.52. The fraction of sp³-hybridized carbons (Fsp3) is 0.278. The third kappa shape index (κ3) is 3.59. The Morgan fingerprint density at radius 3 is 2.42 bits per heavy atom. The Morgan fingerprint density at radius 1 is 1.08 bits per heavy atom. The van der Waals surface area contributed by atoms with E-state index in [2.05, 4.69) is 21.2 Å². The zero-order chi connectivity index (χ0) is 17.3. The van der Waals surface area contributed by atoms with Gasteiger partial charge in [-0.25, -0.2) is 0 Å². The number of aromatic nitrogens is 3. The smallest absolute Gasteiger partial charge is 0.277 e. The van der Waals surface area contributed by atoms with E-state index in [1.54, 1.807) is 0 Å². The van der Waals surface area contributed by atoms with Gasteiger partial charge >= 0.3 is 0 Å². The van der Waals surface area contributed by atoms with E-state index in [9.17, 15) is 4.79 Å². The number of aromatic amines is 1. The molecule has 0 saturated heterocycles. The highest BCUT2D eigenvalue weighted by atomic mass is 32.2. The summed E-state index contributed by atoms with van der Waals surface area (Å²) in [6.07, 6.45) is 0. The first-order chi connectivity index (χ1) is 11.4. The predicted molar refractivity (Wildman–Crippen MR) is 94.5 cm³/mol. The average molecular weight is 341 g/mol. The lowest BCUT2D eigenvalue weighted by Crippen LogP contribution is -2.02. The van der Waals surface area contributed by atoms with Gasteiger partial charge in [-0.15, -0.1) is 10.2 Å². The number of carbonyl (C=O) groups excluding carboxylic acids is 1. The topological polar surface area (TPSA) is 71.8 Å². The van der Waals surface area contributed by atoms with Gasteiger partial charge in [-0.1, -0.05) is 29.0 Å². The molecule has 124 valence electrons. The molecule has 0 spiro atoms. The van der Waals surface area contributed by atoms with Crippen LogP contribution in [-0.4, -0.2) is 26.7 Å². The minimum absolute atomic E-state index is 0.0491. The van der Waals surface area contributed by atoms with Crippen LogP contribution in [0.15, 0.2) is 33.9 Å². The molecule has 24 heavy (non-hydrogen) atoms. The van der Waals surface area contributed by atoms with Gasteiger partial charge in [0.15, 0.2) is 5.78 Å². The third-order valence-corrected chi connectivity index (χ3v) is 4.47. The zero-order valence-electron chi connectivity index (χ0n) is 14.1. The summed E-state index contributed by atoms with van der Waals surface area (Å²) in [6.45, 7) is 7.89. The molecule has 2 heterocycles. The Hall–Kier alpha value is -2.34. The summed E-state index contributed by atoms with van der Waals surface area (Å²) in [4.78, 5) is 15.4. The standard InChI is InChI=1S/C18H19N3O2S/c1-10-5-11(2)7-14(6-10)17-20-21-18(23-17)24-9-16(22)15-8-12(3)19-13(15)4/h5-8,19H,9H2,1-4H3. The second-order valence-corrected chi connectivity index (χ2v) is 6.88. The van der Waals surface area contributed by atoms with Gasteiger partial charge in [-0.2, -0.15) is 0 Å². The number of benzene rings is 1. The minimum Gasteiger partial charge on any atom is -0.411 e. The quantitative estimate of drug-likeness (QED) is 0.554. The molecule has 0 unspecified atom stereocenters.